The van der Waals surface area contributed by atoms with E-state index in [4.69, 9.17) is 27.9 Å². The first-order valence-electron chi connectivity index (χ1n) is 4.97. The highest BCUT2D eigenvalue weighted by molar-refractivity contribution is 9.10. The van der Waals surface area contributed by atoms with Gasteiger partial charge in [-0.1, -0.05) is 45.7 Å². The Balaban J connectivity index is 2.35. The van der Waals surface area contributed by atoms with Crippen LogP contribution < -0.4 is 4.74 Å². The van der Waals surface area contributed by atoms with Gasteiger partial charge in [-0.15, -0.1) is 11.6 Å². The standard InChI is InChI=1S/C13H9BrCl2O/c14-10-6-5-9(8-15)13(7-10)17-12-4-2-1-3-11(12)16/h1-7H,8H2. The second kappa shape index (κ2) is 5.76. The first-order valence-corrected chi connectivity index (χ1v) is 6.68. The fourth-order valence-corrected chi connectivity index (χ4v) is 2.11. The van der Waals surface area contributed by atoms with Crippen LogP contribution in [-0.2, 0) is 5.88 Å². The Morgan fingerprint density at radius 3 is 2.53 bits per heavy atom. The molecule has 0 aromatic heterocycles. The molecule has 0 radical (unpaired) electrons. The van der Waals surface area contributed by atoms with Crippen molar-refractivity contribution in [3.63, 3.8) is 0 Å². The molecule has 0 bridgehead atoms. The van der Waals surface area contributed by atoms with Gasteiger partial charge in [0.05, 0.1) is 10.9 Å². The average molecular weight is 332 g/mol. The smallest absolute Gasteiger partial charge is 0.146 e. The van der Waals surface area contributed by atoms with E-state index in [2.05, 4.69) is 15.9 Å². The van der Waals surface area contributed by atoms with E-state index in [1.807, 2.05) is 36.4 Å². The van der Waals surface area contributed by atoms with Crippen molar-refractivity contribution < 1.29 is 4.74 Å². The number of ether oxygens (including phenoxy) is 1. The Morgan fingerprint density at radius 1 is 1.06 bits per heavy atom. The minimum Gasteiger partial charge on any atom is -0.455 e. The lowest BCUT2D eigenvalue weighted by Gasteiger charge is -2.11. The minimum absolute atomic E-state index is 0.396. The Morgan fingerprint density at radius 2 is 1.82 bits per heavy atom. The number of rotatable bonds is 3. The summed E-state index contributed by atoms with van der Waals surface area (Å²) in [7, 11) is 0. The van der Waals surface area contributed by atoms with Gasteiger partial charge in [-0.2, -0.15) is 0 Å². The van der Waals surface area contributed by atoms with Gasteiger partial charge in [-0.05, 0) is 24.3 Å². The zero-order valence-corrected chi connectivity index (χ0v) is 11.9. The molecule has 0 aliphatic rings. The minimum atomic E-state index is 0.396. The van der Waals surface area contributed by atoms with Crippen LogP contribution in [0.15, 0.2) is 46.9 Å². The van der Waals surface area contributed by atoms with E-state index < -0.39 is 0 Å². The van der Waals surface area contributed by atoms with E-state index in [0.717, 1.165) is 10.0 Å². The van der Waals surface area contributed by atoms with E-state index in [9.17, 15) is 0 Å². The van der Waals surface area contributed by atoms with Gasteiger partial charge < -0.3 is 4.74 Å². The Labute approximate surface area is 118 Å². The molecule has 0 aliphatic carbocycles. The number of halogens is 3. The van der Waals surface area contributed by atoms with Crippen LogP contribution in [0.5, 0.6) is 11.5 Å². The molecule has 0 atom stereocenters. The summed E-state index contributed by atoms with van der Waals surface area (Å²) >= 11 is 15.3. The number of hydrogen-bond donors (Lipinski definition) is 0. The summed E-state index contributed by atoms with van der Waals surface area (Å²) in [5.41, 5.74) is 0.926. The van der Waals surface area contributed by atoms with Crippen LogP contribution >= 0.6 is 39.1 Å². The predicted molar refractivity (Wildman–Crippen MR) is 75.2 cm³/mol. The lowest BCUT2D eigenvalue weighted by molar-refractivity contribution is 0.478. The van der Waals surface area contributed by atoms with Gasteiger partial charge in [-0.25, -0.2) is 0 Å². The molecule has 17 heavy (non-hydrogen) atoms. The van der Waals surface area contributed by atoms with Gasteiger partial charge >= 0.3 is 0 Å². The van der Waals surface area contributed by atoms with E-state index in [1.165, 1.54) is 0 Å². The molecule has 0 aliphatic heterocycles. The third-order valence-corrected chi connectivity index (χ3v) is 3.32. The molecule has 0 fully saturated rings. The van der Waals surface area contributed by atoms with Crippen LogP contribution in [0.4, 0.5) is 0 Å². The largest absolute Gasteiger partial charge is 0.455 e. The van der Waals surface area contributed by atoms with Gasteiger partial charge in [0.25, 0.3) is 0 Å². The highest BCUT2D eigenvalue weighted by atomic mass is 79.9. The molecule has 1 nitrogen and oxygen atoms in total. The normalized spacial score (nSPS) is 10.3. The zero-order chi connectivity index (χ0) is 12.3. The maximum absolute atomic E-state index is 6.04. The van der Waals surface area contributed by atoms with Crippen LogP contribution in [0, 0.1) is 0 Å². The second-order valence-corrected chi connectivity index (χ2v) is 5.01. The van der Waals surface area contributed by atoms with Crippen molar-refractivity contribution in [1.82, 2.24) is 0 Å². The second-order valence-electron chi connectivity index (χ2n) is 3.42. The molecule has 0 spiro atoms. The number of para-hydroxylation sites is 1. The summed E-state index contributed by atoms with van der Waals surface area (Å²) < 4.78 is 6.70. The number of benzene rings is 2. The topological polar surface area (TPSA) is 9.23 Å². The van der Waals surface area contributed by atoms with Crippen LogP contribution in [-0.4, -0.2) is 0 Å². The third kappa shape index (κ3) is 3.15. The highest BCUT2D eigenvalue weighted by Gasteiger charge is 2.07. The molecule has 0 heterocycles. The summed E-state index contributed by atoms with van der Waals surface area (Å²) in [6.45, 7) is 0. The van der Waals surface area contributed by atoms with Crippen molar-refractivity contribution in [2.45, 2.75) is 5.88 Å². The van der Waals surface area contributed by atoms with Gasteiger partial charge in [0.2, 0.25) is 0 Å². The fourth-order valence-electron chi connectivity index (χ4n) is 1.38. The SMILES string of the molecule is ClCc1ccc(Br)cc1Oc1ccccc1Cl. The quantitative estimate of drug-likeness (QED) is 0.662. The summed E-state index contributed by atoms with van der Waals surface area (Å²) in [6, 6.07) is 13.1. The lowest BCUT2D eigenvalue weighted by Crippen LogP contribution is -1.90. The molecule has 2 rings (SSSR count). The molecule has 0 amide bonds. The maximum Gasteiger partial charge on any atom is 0.146 e. The lowest BCUT2D eigenvalue weighted by atomic mass is 10.2. The monoisotopic (exact) mass is 330 g/mol. The summed E-state index contributed by atoms with van der Waals surface area (Å²) in [5, 5.41) is 0.577. The van der Waals surface area contributed by atoms with E-state index >= 15 is 0 Å². The van der Waals surface area contributed by atoms with Crippen molar-refractivity contribution >= 4 is 39.1 Å². The van der Waals surface area contributed by atoms with E-state index in [1.54, 1.807) is 6.07 Å². The highest BCUT2D eigenvalue weighted by Crippen LogP contribution is 2.33. The maximum atomic E-state index is 6.04. The molecule has 88 valence electrons. The summed E-state index contributed by atoms with van der Waals surface area (Å²) in [6.07, 6.45) is 0. The first-order chi connectivity index (χ1) is 8.20. The van der Waals surface area contributed by atoms with Crippen molar-refractivity contribution in [3.8, 4) is 11.5 Å². The average Bonchev–Trinajstić information content (AvgIpc) is 2.32. The first kappa shape index (κ1) is 12.7. The van der Waals surface area contributed by atoms with E-state index in [-0.39, 0.29) is 0 Å². The Bertz CT molecular complexity index is 529. The van der Waals surface area contributed by atoms with Gasteiger partial charge in [-0.3, -0.25) is 0 Å². The molecule has 2 aromatic rings. The van der Waals surface area contributed by atoms with Crippen LogP contribution in [0.25, 0.3) is 0 Å². The third-order valence-electron chi connectivity index (χ3n) is 2.23. The van der Waals surface area contributed by atoms with Crippen molar-refractivity contribution in [1.29, 1.82) is 0 Å². The molecule has 0 saturated carbocycles. The predicted octanol–water partition coefficient (Wildman–Crippen LogP) is 5.63. The number of alkyl halides is 1. The molecular formula is C13H9BrCl2O. The van der Waals surface area contributed by atoms with Gasteiger partial charge in [0.15, 0.2) is 0 Å². The van der Waals surface area contributed by atoms with Crippen molar-refractivity contribution in [2.75, 3.05) is 0 Å². The van der Waals surface area contributed by atoms with Gasteiger partial charge in [0, 0.05) is 10.0 Å². The van der Waals surface area contributed by atoms with E-state index in [0.29, 0.717) is 22.4 Å². The van der Waals surface area contributed by atoms with Crippen LogP contribution in [0.1, 0.15) is 5.56 Å². The van der Waals surface area contributed by atoms with Gasteiger partial charge in [0.1, 0.15) is 11.5 Å². The molecule has 0 unspecified atom stereocenters. The summed E-state index contributed by atoms with van der Waals surface area (Å²) in [4.78, 5) is 0. The Kier molecular flexibility index (Phi) is 4.32. The molecular weight excluding hydrogens is 323 g/mol. The number of hydrogen-bond acceptors (Lipinski definition) is 1. The molecule has 4 heteroatoms. The van der Waals surface area contributed by atoms with Crippen molar-refractivity contribution in [3.05, 3.63) is 57.5 Å². The van der Waals surface area contributed by atoms with Crippen molar-refractivity contribution in [2.24, 2.45) is 0 Å². The van der Waals surface area contributed by atoms with Crippen LogP contribution in [0.2, 0.25) is 5.02 Å². The molecule has 2 aromatic carbocycles. The fraction of sp³-hybridized carbons (Fsp3) is 0.0769. The Hall–Kier alpha value is -0.700. The molecule has 0 N–H and O–H groups in total. The summed E-state index contributed by atoms with van der Waals surface area (Å²) in [5.74, 6) is 1.73. The van der Waals surface area contributed by atoms with Crippen LogP contribution in [0.3, 0.4) is 0 Å². The molecule has 0 saturated heterocycles. The zero-order valence-electron chi connectivity index (χ0n) is 8.79.